The molecule has 1 atom stereocenters. The maximum absolute atomic E-state index is 6.17. The molecule has 2 rings (SSSR count). The highest BCUT2D eigenvalue weighted by molar-refractivity contribution is 9.10. The normalized spacial score (nSPS) is 12.3. The molecule has 0 fully saturated rings. The van der Waals surface area contributed by atoms with Crippen LogP contribution in [0.3, 0.4) is 0 Å². The molecule has 1 unspecified atom stereocenters. The molecule has 0 heterocycles. The van der Waals surface area contributed by atoms with Crippen LogP contribution in [-0.4, -0.2) is 11.8 Å². The first-order valence-corrected chi connectivity index (χ1v) is 7.70. The van der Waals surface area contributed by atoms with E-state index >= 15 is 0 Å². The van der Waals surface area contributed by atoms with Gasteiger partial charge in [0.05, 0.1) is 0 Å². The van der Waals surface area contributed by atoms with Crippen LogP contribution in [0, 0.1) is 0 Å². The van der Waals surface area contributed by atoms with Gasteiger partial charge in [0.1, 0.15) is 0 Å². The molecule has 1 nitrogen and oxygen atoms in total. The van der Waals surface area contributed by atoms with Crippen LogP contribution in [0.1, 0.15) is 5.56 Å². The lowest BCUT2D eigenvalue weighted by molar-refractivity contribution is 0.748. The van der Waals surface area contributed by atoms with Gasteiger partial charge in [0.25, 0.3) is 0 Å². The molecule has 0 spiro atoms. The summed E-state index contributed by atoms with van der Waals surface area (Å²) in [5.41, 5.74) is 7.47. The second-order valence-corrected chi connectivity index (χ2v) is 6.11. The summed E-state index contributed by atoms with van der Waals surface area (Å²) in [5, 5.41) is 0. The molecule has 3 heteroatoms. The first-order valence-electron chi connectivity index (χ1n) is 5.92. The van der Waals surface area contributed by atoms with Gasteiger partial charge in [-0.25, -0.2) is 0 Å². The molecule has 2 aromatic rings. The number of hydrogen-bond acceptors (Lipinski definition) is 2. The van der Waals surface area contributed by atoms with Crippen LogP contribution in [0.4, 0.5) is 0 Å². The molecule has 2 N–H and O–H groups in total. The molecule has 94 valence electrons. The van der Waals surface area contributed by atoms with Crippen LogP contribution in [0.5, 0.6) is 0 Å². The molecule has 0 aromatic heterocycles. The van der Waals surface area contributed by atoms with Crippen molar-refractivity contribution < 1.29 is 0 Å². The molecule has 0 aliphatic rings. The van der Waals surface area contributed by atoms with Gasteiger partial charge in [0.15, 0.2) is 0 Å². The number of halogens is 1. The van der Waals surface area contributed by atoms with Gasteiger partial charge in [-0.2, -0.15) is 0 Å². The SMILES string of the molecule is NC(CSc1ccccc1Br)Cc1ccccc1. The highest BCUT2D eigenvalue weighted by Crippen LogP contribution is 2.27. The Morgan fingerprint density at radius 3 is 2.39 bits per heavy atom. The molecule has 2 aromatic carbocycles. The second-order valence-electron chi connectivity index (χ2n) is 4.19. The number of nitrogens with two attached hydrogens (primary N) is 1. The second kappa shape index (κ2) is 6.98. The summed E-state index contributed by atoms with van der Waals surface area (Å²) in [5.74, 6) is 0.928. The lowest BCUT2D eigenvalue weighted by Crippen LogP contribution is -2.25. The van der Waals surface area contributed by atoms with Gasteiger partial charge < -0.3 is 5.73 Å². The zero-order valence-electron chi connectivity index (χ0n) is 10.1. The number of rotatable bonds is 5. The number of hydrogen-bond donors (Lipinski definition) is 1. The van der Waals surface area contributed by atoms with E-state index in [0.29, 0.717) is 0 Å². The maximum Gasteiger partial charge on any atom is 0.0311 e. The molecule has 0 saturated heterocycles. The van der Waals surface area contributed by atoms with E-state index in [9.17, 15) is 0 Å². The zero-order valence-corrected chi connectivity index (χ0v) is 12.5. The fraction of sp³-hybridized carbons (Fsp3) is 0.200. The molecule has 0 amide bonds. The summed E-state index contributed by atoms with van der Waals surface area (Å²) in [6.45, 7) is 0. The van der Waals surface area contributed by atoms with Gasteiger partial charge in [-0.05, 0) is 40.0 Å². The molecule has 0 aliphatic heterocycles. The van der Waals surface area contributed by atoms with Crippen LogP contribution in [0.2, 0.25) is 0 Å². The standard InChI is InChI=1S/C15H16BrNS/c16-14-8-4-5-9-15(14)18-11-13(17)10-12-6-2-1-3-7-12/h1-9,13H,10-11,17H2. The molecule has 0 saturated carbocycles. The van der Waals surface area contributed by atoms with Gasteiger partial charge in [-0.3, -0.25) is 0 Å². The molecule has 0 bridgehead atoms. The largest absolute Gasteiger partial charge is 0.327 e. The van der Waals surface area contributed by atoms with E-state index in [0.717, 1.165) is 16.6 Å². The van der Waals surface area contributed by atoms with Crippen molar-refractivity contribution in [1.82, 2.24) is 0 Å². The van der Waals surface area contributed by atoms with Gasteiger partial charge in [0, 0.05) is 21.2 Å². The average molecular weight is 322 g/mol. The molecule has 0 aliphatic carbocycles. The van der Waals surface area contributed by atoms with E-state index in [2.05, 4.69) is 58.4 Å². The minimum atomic E-state index is 0.185. The topological polar surface area (TPSA) is 26.0 Å². The van der Waals surface area contributed by atoms with Gasteiger partial charge in [-0.1, -0.05) is 42.5 Å². The van der Waals surface area contributed by atoms with Crippen molar-refractivity contribution in [3.05, 3.63) is 64.6 Å². The Hall–Kier alpha value is -0.770. The van der Waals surface area contributed by atoms with E-state index in [4.69, 9.17) is 5.73 Å². The smallest absolute Gasteiger partial charge is 0.0311 e. The lowest BCUT2D eigenvalue weighted by Gasteiger charge is -2.12. The van der Waals surface area contributed by atoms with Crippen molar-refractivity contribution in [3.63, 3.8) is 0 Å². The maximum atomic E-state index is 6.17. The van der Waals surface area contributed by atoms with Crippen molar-refractivity contribution in [2.45, 2.75) is 17.4 Å². The third-order valence-electron chi connectivity index (χ3n) is 2.63. The van der Waals surface area contributed by atoms with Crippen molar-refractivity contribution in [1.29, 1.82) is 0 Å². The fourth-order valence-electron chi connectivity index (χ4n) is 1.73. The van der Waals surface area contributed by atoms with E-state index < -0.39 is 0 Å². The number of thioether (sulfide) groups is 1. The van der Waals surface area contributed by atoms with Crippen molar-refractivity contribution in [3.8, 4) is 0 Å². The predicted molar refractivity (Wildman–Crippen MR) is 83.0 cm³/mol. The Kier molecular flexibility index (Phi) is 5.29. The highest BCUT2D eigenvalue weighted by Gasteiger charge is 2.06. The van der Waals surface area contributed by atoms with E-state index in [1.807, 2.05) is 12.1 Å². The lowest BCUT2D eigenvalue weighted by atomic mass is 10.1. The Morgan fingerprint density at radius 2 is 1.67 bits per heavy atom. The van der Waals surface area contributed by atoms with E-state index in [1.54, 1.807) is 11.8 Å². The molecular weight excluding hydrogens is 306 g/mol. The van der Waals surface area contributed by atoms with Crippen molar-refractivity contribution in [2.75, 3.05) is 5.75 Å². The van der Waals surface area contributed by atoms with Crippen LogP contribution in [0.25, 0.3) is 0 Å². The Balaban J connectivity index is 1.86. The first-order chi connectivity index (χ1) is 8.75. The Labute approximate surface area is 121 Å². The third kappa shape index (κ3) is 4.16. The zero-order chi connectivity index (χ0) is 12.8. The van der Waals surface area contributed by atoms with Gasteiger partial charge in [-0.15, -0.1) is 11.8 Å². The van der Waals surface area contributed by atoms with Crippen LogP contribution >= 0.6 is 27.7 Å². The highest BCUT2D eigenvalue weighted by atomic mass is 79.9. The quantitative estimate of drug-likeness (QED) is 0.838. The summed E-state index contributed by atoms with van der Waals surface area (Å²) in [6.07, 6.45) is 0.929. The van der Waals surface area contributed by atoms with Crippen LogP contribution in [0.15, 0.2) is 64.0 Å². The minimum absolute atomic E-state index is 0.185. The Bertz CT molecular complexity index is 487. The van der Waals surface area contributed by atoms with Gasteiger partial charge >= 0.3 is 0 Å². The van der Waals surface area contributed by atoms with Crippen molar-refractivity contribution in [2.24, 2.45) is 5.73 Å². The summed E-state index contributed by atoms with van der Waals surface area (Å²) < 4.78 is 1.14. The molecular formula is C15H16BrNS. The van der Waals surface area contributed by atoms with Gasteiger partial charge in [0.2, 0.25) is 0 Å². The summed E-state index contributed by atoms with van der Waals surface area (Å²) >= 11 is 5.35. The van der Waals surface area contributed by atoms with E-state index in [-0.39, 0.29) is 6.04 Å². The summed E-state index contributed by atoms with van der Waals surface area (Å²) in [7, 11) is 0. The molecule has 0 radical (unpaired) electrons. The minimum Gasteiger partial charge on any atom is -0.327 e. The van der Waals surface area contributed by atoms with E-state index in [1.165, 1.54) is 10.5 Å². The summed E-state index contributed by atoms with van der Waals surface area (Å²) in [4.78, 5) is 1.25. The van der Waals surface area contributed by atoms with Crippen molar-refractivity contribution >= 4 is 27.7 Å². The van der Waals surface area contributed by atoms with Crippen LogP contribution < -0.4 is 5.73 Å². The van der Waals surface area contributed by atoms with Crippen LogP contribution in [-0.2, 0) is 6.42 Å². The third-order valence-corrected chi connectivity index (χ3v) is 4.85. The number of benzene rings is 2. The fourth-order valence-corrected chi connectivity index (χ4v) is 3.25. The summed E-state index contributed by atoms with van der Waals surface area (Å²) in [6, 6.07) is 18.8. The Morgan fingerprint density at radius 1 is 1.00 bits per heavy atom. The first kappa shape index (κ1) is 13.7. The predicted octanol–water partition coefficient (Wildman–Crippen LogP) is 4.11. The average Bonchev–Trinajstić information content (AvgIpc) is 2.39. The monoisotopic (exact) mass is 321 g/mol. The molecule has 18 heavy (non-hydrogen) atoms.